The monoisotopic (exact) mass is 504 g/mol. The first-order valence-electron chi connectivity index (χ1n) is 11.6. The third-order valence-electron chi connectivity index (χ3n) is 6.27. The Balaban J connectivity index is 0.000000431. The second kappa shape index (κ2) is 12.1. The summed E-state index contributed by atoms with van der Waals surface area (Å²) in [6.45, 7) is 0.719. The molecule has 1 heterocycles. The third kappa shape index (κ3) is 5.62. The second-order valence-electron chi connectivity index (χ2n) is 8.30. The van der Waals surface area contributed by atoms with E-state index in [0.717, 1.165) is 36.6 Å². The molecule has 4 nitrogen and oxygen atoms in total. The van der Waals surface area contributed by atoms with Crippen LogP contribution in [0.4, 0.5) is 0 Å². The first-order chi connectivity index (χ1) is 16.8. The predicted molar refractivity (Wildman–Crippen MR) is 135 cm³/mol. The van der Waals surface area contributed by atoms with E-state index in [2.05, 4.69) is 54.6 Å². The fourth-order valence-corrected chi connectivity index (χ4v) is 4.63. The summed E-state index contributed by atoms with van der Waals surface area (Å²) in [5.41, 5.74) is 7.26. The van der Waals surface area contributed by atoms with Gasteiger partial charge in [-0.05, 0) is 94.4 Å². The van der Waals surface area contributed by atoms with Crippen LogP contribution in [0.1, 0.15) is 22.4 Å². The van der Waals surface area contributed by atoms with E-state index in [1.165, 1.54) is 33.9 Å². The van der Waals surface area contributed by atoms with E-state index >= 15 is 0 Å². The fourth-order valence-electron chi connectivity index (χ4n) is 4.63. The molecule has 0 bridgehead atoms. The van der Waals surface area contributed by atoms with E-state index < -0.39 is 0 Å². The average molecular weight is 504 g/mol. The van der Waals surface area contributed by atoms with Crippen LogP contribution < -0.4 is 9.47 Å². The molecule has 3 aliphatic rings. The van der Waals surface area contributed by atoms with Gasteiger partial charge in [-0.1, -0.05) is 24.3 Å². The Kier molecular flexibility index (Phi) is 8.97. The molecular weight excluding hydrogens is 476 g/mol. The van der Waals surface area contributed by atoms with E-state index in [0.29, 0.717) is 0 Å². The fraction of sp³-hybridized carbons (Fsp3) is 0.167. The molecule has 0 spiro atoms. The summed E-state index contributed by atoms with van der Waals surface area (Å²) in [6.07, 6.45) is 20.4. The van der Waals surface area contributed by atoms with Crippen molar-refractivity contribution in [3.63, 3.8) is 0 Å². The zero-order valence-electron chi connectivity index (χ0n) is 19.9. The standard InChI is InChI=1S/C25H23N2O2.C5H5.Fe/c1-28-19-12-10-17(11-13-19)16-27-25(18-6-3-4-7-18)22-15-14-20-21(24(22)26-27)8-5-9-23(20)29-2;1-2-4-5-3-1;/h3-13H,14-16H2,1-2H3;1-5H;/q;;+2. The number of methoxy groups -OCH3 is 2. The summed E-state index contributed by atoms with van der Waals surface area (Å²) in [6, 6.07) is 14.5. The van der Waals surface area contributed by atoms with E-state index in [1.807, 2.05) is 50.3 Å². The van der Waals surface area contributed by atoms with Gasteiger partial charge in [-0.2, -0.15) is 5.10 Å². The predicted octanol–water partition coefficient (Wildman–Crippen LogP) is 5.49. The Hall–Kier alpha value is -2.23. The first-order valence-corrected chi connectivity index (χ1v) is 11.6. The van der Waals surface area contributed by atoms with Gasteiger partial charge in [-0.3, -0.25) is 4.68 Å². The molecule has 0 N–H and O–H groups in total. The molecule has 1 aromatic heterocycles. The van der Waals surface area contributed by atoms with Crippen molar-refractivity contribution >= 4 is 0 Å². The Morgan fingerprint density at radius 3 is 2.06 bits per heavy atom. The number of nitrogens with zero attached hydrogens (tertiary/aromatic N) is 2. The van der Waals surface area contributed by atoms with Crippen LogP contribution in [0.2, 0.25) is 0 Å². The molecular formula is C30H28FeN2O2+2. The van der Waals surface area contributed by atoms with E-state index in [-0.39, 0.29) is 17.1 Å². The zero-order chi connectivity index (χ0) is 23.3. The van der Waals surface area contributed by atoms with Crippen molar-refractivity contribution in [2.24, 2.45) is 0 Å². The molecule has 176 valence electrons. The molecule has 3 aliphatic carbocycles. The van der Waals surface area contributed by atoms with Gasteiger partial charge in [-0.15, -0.1) is 0 Å². The Labute approximate surface area is 220 Å². The van der Waals surface area contributed by atoms with Gasteiger partial charge in [0.1, 0.15) is 11.5 Å². The van der Waals surface area contributed by atoms with Crippen molar-refractivity contribution in [3.8, 4) is 22.8 Å². The number of hydrogen-bond donors (Lipinski definition) is 0. The van der Waals surface area contributed by atoms with Crippen molar-refractivity contribution in [1.29, 1.82) is 0 Å². The van der Waals surface area contributed by atoms with Gasteiger partial charge in [0.25, 0.3) is 0 Å². The molecule has 2 fully saturated rings. The number of aromatic nitrogens is 2. The number of hydrogen-bond acceptors (Lipinski definition) is 3. The minimum Gasteiger partial charge on any atom is -0.497 e. The van der Waals surface area contributed by atoms with Crippen LogP contribution >= 0.6 is 0 Å². The van der Waals surface area contributed by atoms with E-state index in [4.69, 9.17) is 14.6 Å². The third-order valence-corrected chi connectivity index (χ3v) is 6.27. The SMILES string of the molecule is COc1ccc(Cn2nc3c(c2[C]2[CH][CH][CH][CH]2)CCc2c(OC)cccc2-3)cc1.[CH]1[CH][CH][CH][CH]1.[Fe+2]. The first kappa shape index (κ1) is 25.9. The van der Waals surface area contributed by atoms with Gasteiger partial charge < -0.3 is 9.47 Å². The van der Waals surface area contributed by atoms with E-state index in [1.54, 1.807) is 14.2 Å². The maximum atomic E-state index is 5.61. The summed E-state index contributed by atoms with van der Waals surface area (Å²) in [5, 5.41) is 5.09. The number of ether oxygens (including phenoxy) is 2. The molecule has 0 amide bonds. The summed E-state index contributed by atoms with van der Waals surface area (Å²) in [4.78, 5) is 0. The minimum atomic E-state index is 0. The van der Waals surface area contributed by atoms with Crippen LogP contribution in [0.15, 0.2) is 42.5 Å². The summed E-state index contributed by atoms with van der Waals surface area (Å²) < 4.78 is 13.1. The number of rotatable bonds is 5. The molecule has 0 aliphatic heterocycles. The quantitative estimate of drug-likeness (QED) is 0.432. The molecule has 5 heteroatoms. The van der Waals surface area contributed by atoms with Crippen molar-refractivity contribution in [2.45, 2.75) is 19.4 Å². The Morgan fingerprint density at radius 2 is 1.43 bits per heavy atom. The smallest absolute Gasteiger partial charge is 0.497 e. The Morgan fingerprint density at radius 1 is 0.771 bits per heavy atom. The Bertz CT molecular complexity index is 1090. The molecule has 2 saturated carbocycles. The molecule has 3 aromatic rings. The molecule has 6 rings (SSSR count). The van der Waals surface area contributed by atoms with Crippen molar-refractivity contribution < 1.29 is 26.5 Å². The normalized spacial score (nSPS) is 16.5. The van der Waals surface area contributed by atoms with Gasteiger partial charge in [0.2, 0.25) is 0 Å². The molecule has 10 radical (unpaired) electrons. The van der Waals surface area contributed by atoms with Crippen LogP contribution in [0.5, 0.6) is 11.5 Å². The minimum absolute atomic E-state index is 0. The average Bonchev–Trinajstić information content (AvgIpc) is 3.67. The van der Waals surface area contributed by atoms with Crippen molar-refractivity contribution in [3.05, 3.63) is 129 Å². The van der Waals surface area contributed by atoms with Gasteiger partial charge >= 0.3 is 17.1 Å². The van der Waals surface area contributed by atoms with Crippen LogP contribution in [-0.4, -0.2) is 24.0 Å². The number of fused-ring (bicyclic) bond motifs is 3. The summed E-state index contributed by atoms with van der Waals surface area (Å²) in [7, 11) is 3.43. The van der Waals surface area contributed by atoms with E-state index in [9.17, 15) is 0 Å². The van der Waals surface area contributed by atoms with Gasteiger partial charge in [0, 0.05) is 22.6 Å². The largest absolute Gasteiger partial charge is 2.00 e. The summed E-state index contributed by atoms with van der Waals surface area (Å²) in [5.74, 6) is 3.04. The summed E-state index contributed by atoms with van der Waals surface area (Å²) >= 11 is 0. The van der Waals surface area contributed by atoms with Gasteiger partial charge in [-0.25, -0.2) is 0 Å². The van der Waals surface area contributed by atoms with Crippen molar-refractivity contribution in [2.75, 3.05) is 14.2 Å². The maximum Gasteiger partial charge on any atom is 2.00 e. The molecule has 35 heavy (non-hydrogen) atoms. The van der Waals surface area contributed by atoms with Crippen LogP contribution in [-0.2, 0) is 36.5 Å². The maximum absolute atomic E-state index is 5.61. The zero-order valence-corrected chi connectivity index (χ0v) is 21.0. The van der Waals surface area contributed by atoms with Crippen molar-refractivity contribution in [1.82, 2.24) is 9.78 Å². The van der Waals surface area contributed by atoms with Crippen LogP contribution in [0.25, 0.3) is 11.3 Å². The van der Waals surface area contributed by atoms with Crippen LogP contribution in [0, 0.1) is 63.7 Å². The second-order valence-corrected chi connectivity index (χ2v) is 8.30. The van der Waals surface area contributed by atoms with Crippen LogP contribution in [0.3, 0.4) is 0 Å². The van der Waals surface area contributed by atoms with Gasteiger partial charge in [0.05, 0.1) is 32.2 Å². The van der Waals surface area contributed by atoms with Gasteiger partial charge in [0.15, 0.2) is 0 Å². The topological polar surface area (TPSA) is 36.3 Å². The molecule has 2 aromatic carbocycles. The molecule has 0 unspecified atom stereocenters. The molecule has 0 saturated heterocycles. The number of benzene rings is 2. The molecule has 0 atom stereocenters.